The zero-order valence-corrected chi connectivity index (χ0v) is 32.9. The number of rotatable bonds is 17. The molecule has 5 N–H and O–H groups in total. The minimum atomic E-state index is -1.14. The highest BCUT2D eigenvalue weighted by Gasteiger charge is 2.16. The standard InChI is InChI=1S/C20H22Cl2N2O4.C19H21Cl2NO3/c1-3-4-23-15-6-12(2)5-13(7-15)11-28-19-16(21)8-14(9-17(19)22)20(27)24-10-18(25)26;1-3-4-22-15-6-12(2)5-14(7-15)11-25-19-16(20)8-13(9-17(19)21)10-18(23)24/h5-9,23H,3-4,10-11H2,1-2H3,(H,24,27)(H,25,26);5-9,22H,3-4,10-11H2,1-2H3,(H,23,24). The molecule has 14 heteroatoms. The minimum absolute atomic E-state index is 0.135. The number of hydrogen-bond acceptors (Lipinski definition) is 7. The lowest BCUT2D eigenvalue weighted by molar-refractivity contribution is -0.137. The maximum absolute atomic E-state index is 12.0. The number of aliphatic carboxylic acids is 2. The lowest BCUT2D eigenvalue weighted by Gasteiger charge is -2.13. The second kappa shape index (κ2) is 21.4. The maximum atomic E-state index is 12.0. The SMILES string of the molecule is CCCNc1cc(C)cc(COc2c(Cl)cc(C(=O)NCC(=O)O)cc2Cl)c1.CCCNc1cc(C)cc(COc2c(Cl)cc(CC(=O)O)cc2Cl)c1. The summed E-state index contributed by atoms with van der Waals surface area (Å²) in [5.41, 5.74) is 6.95. The molecule has 0 spiro atoms. The van der Waals surface area contributed by atoms with Crippen LogP contribution in [0.3, 0.4) is 0 Å². The van der Waals surface area contributed by atoms with Crippen molar-refractivity contribution in [1.29, 1.82) is 0 Å². The molecule has 4 rings (SSSR count). The summed E-state index contributed by atoms with van der Waals surface area (Å²) < 4.78 is 11.6. The molecule has 0 aromatic heterocycles. The first kappa shape index (κ1) is 43.1. The molecule has 0 fully saturated rings. The molecular formula is C39H43Cl4N3O7. The summed E-state index contributed by atoms with van der Waals surface area (Å²) in [6, 6.07) is 18.1. The lowest BCUT2D eigenvalue weighted by Crippen LogP contribution is -2.29. The van der Waals surface area contributed by atoms with Gasteiger partial charge in [0.25, 0.3) is 5.91 Å². The van der Waals surface area contributed by atoms with Crippen molar-refractivity contribution in [3.63, 3.8) is 0 Å². The molecule has 53 heavy (non-hydrogen) atoms. The predicted octanol–water partition coefficient (Wildman–Crippen LogP) is 9.85. The van der Waals surface area contributed by atoms with Crippen molar-refractivity contribution in [2.24, 2.45) is 0 Å². The molecule has 0 saturated heterocycles. The van der Waals surface area contributed by atoms with Gasteiger partial charge in [-0.25, -0.2) is 0 Å². The van der Waals surface area contributed by atoms with Gasteiger partial charge >= 0.3 is 11.9 Å². The highest BCUT2D eigenvalue weighted by Crippen LogP contribution is 2.36. The molecule has 0 radical (unpaired) electrons. The fourth-order valence-electron chi connectivity index (χ4n) is 5.06. The number of halogens is 4. The lowest BCUT2D eigenvalue weighted by atomic mass is 10.1. The van der Waals surface area contributed by atoms with Gasteiger partial charge in [0, 0.05) is 30.0 Å². The van der Waals surface area contributed by atoms with Crippen molar-refractivity contribution in [3.8, 4) is 11.5 Å². The molecule has 10 nitrogen and oxygen atoms in total. The van der Waals surface area contributed by atoms with Crippen LogP contribution >= 0.6 is 46.4 Å². The van der Waals surface area contributed by atoms with E-state index in [1.165, 1.54) is 12.1 Å². The monoisotopic (exact) mass is 805 g/mol. The maximum Gasteiger partial charge on any atom is 0.322 e. The van der Waals surface area contributed by atoms with E-state index in [0.29, 0.717) is 28.0 Å². The fourth-order valence-corrected chi connectivity index (χ4v) is 6.30. The van der Waals surface area contributed by atoms with Crippen LogP contribution in [0.2, 0.25) is 20.1 Å². The van der Waals surface area contributed by atoms with Crippen molar-refractivity contribution < 1.29 is 34.1 Å². The number of benzene rings is 4. The molecule has 0 heterocycles. The van der Waals surface area contributed by atoms with E-state index in [1.807, 2.05) is 38.1 Å². The second-order valence-corrected chi connectivity index (χ2v) is 13.8. The first-order valence-corrected chi connectivity index (χ1v) is 18.3. The number of carbonyl (C=O) groups excluding carboxylic acids is 1. The summed E-state index contributed by atoms with van der Waals surface area (Å²) >= 11 is 24.8. The van der Waals surface area contributed by atoms with Gasteiger partial charge < -0.3 is 35.6 Å². The smallest absolute Gasteiger partial charge is 0.322 e. The van der Waals surface area contributed by atoms with Crippen LogP contribution in [-0.2, 0) is 29.2 Å². The molecule has 0 aliphatic heterocycles. The van der Waals surface area contributed by atoms with E-state index in [1.54, 1.807) is 12.1 Å². The van der Waals surface area contributed by atoms with Gasteiger partial charge in [-0.3, -0.25) is 14.4 Å². The predicted molar refractivity (Wildman–Crippen MR) is 213 cm³/mol. The minimum Gasteiger partial charge on any atom is -0.486 e. The number of amides is 1. The molecule has 0 atom stereocenters. The Hall–Kier alpha value is -4.35. The van der Waals surface area contributed by atoms with E-state index in [0.717, 1.165) is 59.6 Å². The second-order valence-electron chi connectivity index (χ2n) is 12.2. The Balaban J connectivity index is 0.000000287. The Kier molecular flexibility index (Phi) is 17.4. The Labute approximate surface area is 329 Å². The Morgan fingerprint density at radius 1 is 0.604 bits per heavy atom. The molecular weight excluding hydrogens is 764 g/mol. The van der Waals surface area contributed by atoms with Gasteiger partial charge in [0.05, 0.1) is 26.5 Å². The summed E-state index contributed by atoms with van der Waals surface area (Å²) in [4.78, 5) is 33.3. The highest BCUT2D eigenvalue weighted by atomic mass is 35.5. The Morgan fingerprint density at radius 2 is 1.04 bits per heavy atom. The molecule has 4 aromatic rings. The number of carbonyl (C=O) groups is 3. The normalized spacial score (nSPS) is 10.5. The van der Waals surface area contributed by atoms with E-state index in [4.69, 9.17) is 66.1 Å². The van der Waals surface area contributed by atoms with Crippen molar-refractivity contribution in [2.75, 3.05) is 30.3 Å². The van der Waals surface area contributed by atoms with Crippen LogP contribution in [0.4, 0.5) is 11.4 Å². The number of hydrogen-bond donors (Lipinski definition) is 5. The molecule has 0 aliphatic carbocycles. The number of carboxylic acid groups (broad SMARTS) is 2. The average Bonchev–Trinajstić information content (AvgIpc) is 3.07. The highest BCUT2D eigenvalue weighted by molar-refractivity contribution is 6.38. The van der Waals surface area contributed by atoms with Gasteiger partial charge in [-0.2, -0.15) is 0 Å². The van der Waals surface area contributed by atoms with E-state index < -0.39 is 24.4 Å². The Morgan fingerprint density at radius 3 is 1.43 bits per heavy atom. The number of anilines is 2. The van der Waals surface area contributed by atoms with Gasteiger partial charge in [-0.15, -0.1) is 0 Å². The van der Waals surface area contributed by atoms with E-state index in [-0.39, 0.29) is 34.4 Å². The average molecular weight is 808 g/mol. The van der Waals surface area contributed by atoms with Gasteiger partial charge in [0.1, 0.15) is 19.8 Å². The third kappa shape index (κ3) is 14.5. The first-order chi connectivity index (χ1) is 25.2. The van der Waals surface area contributed by atoms with E-state index in [2.05, 4.69) is 41.9 Å². The molecule has 0 bridgehead atoms. The number of carboxylic acids is 2. The molecule has 0 aliphatic rings. The first-order valence-electron chi connectivity index (χ1n) is 16.8. The number of aryl methyl sites for hydroxylation is 2. The topological polar surface area (TPSA) is 146 Å². The molecule has 284 valence electrons. The Bertz CT molecular complexity index is 1860. The summed E-state index contributed by atoms with van der Waals surface area (Å²) in [7, 11) is 0. The van der Waals surface area contributed by atoms with Crippen LogP contribution in [0.25, 0.3) is 0 Å². The van der Waals surface area contributed by atoms with Crippen molar-refractivity contribution in [1.82, 2.24) is 5.32 Å². The largest absolute Gasteiger partial charge is 0.486 e. The van der Waals surface area contributed by atoms with Crippen molar-refractivity contribution >= 4 is 75.6 Å². The van der Waals surface area contributed by atoms with Crippen LogP contribution < -0.4 is 25.4 Å². The van der Waals surface area contributed by atoms with E-state index in [9.17, 15) is 14.4 Å². The van der Waals surface area contributed by atoms with Crippen LogP contribution in [0.5, 0.6) is 11.5 Å². The summed E-state index contributed by atoms with van der Waals surface area (Å²) in [6.07, 6.45) is 1.94. The van der Waals surface area contributed by atoms with Crippen LogP contribution in [0.1, 0.15) is 64.9 Å². The summed E-state index contributed by atoms with van der Waals surface area (Å²) in [5.74, 6) is -2.03. The number of ether oxygens (including phenoxy) is 2. The molecule has 4 aromatic carbocycles. The van der Waals surface area contributed by atoms with Gasteiger partial charge in [0.2, 0.25) is 0 Å². The zero-order chi connectivity index (χ0) is 39.1. The van der Waals surface area contributed by atoms with Crippen LogP contribution in [0, 0.1) is 13.8 Å². The van der Waals surface area contributed by atoms with Gasteiger partial charge in [-0.1, -0.05) is 72.4 Å². The summed E-state index contributed by atoms with van der Waals surface area (Å²) in [6.45, 7) is 10.1. The quantitative estimate of drug-likeness (QED) is 0.0704. The third-order valence-electron chi connectivity index (χ3n) is 7.27. The molecule has 0 unspecified atom stereocenters. The zero-order valence-electron chi connectivity index (χ0n) is 29.9. The van der Waals surface area contributed by atoms with Crippen LogP contribution in [0.15, 0.2) is 60.7 Å². The van der Waals surface area contributed by atoms with Crippen molar-refractivity contribution in [2.45, 2.75) is 60.2 Å². The van der Waals surface area contributed by atoms with Crippen molar-refractivity contribution in [3.05, 3.63) is 114 Å². The van der Waals surface area contributed by atoms with Gasteiger partial charge in [0.15, 0.2) is 11.5 Å². The molecule has 1 amide bonds. The summed E-state index contributed by atoms with van der Waals surface area (Å²) in [5, 5.41) is 27.4. The van der Waals surface area contributed by atoms with Gasteiger partial charge in [-0.05, 0) is 103 Å². The fraction of sp³-hybridized carbons (Fsp3) is 0.308. The molecule has 0 saturated carbocycles. The third-order valence-corrected chi connectivity index (χ3v) is 8.40. The van der Waals surface area contributed by atoms with Crippen LogP contribution in [-0.4, -0.2) is 47.7 Å². The van der Waals surface area contributed by atoms with E-state index >= 15 is 0 Å². The number of nitrogens with one attached hydrogen (secondary N) is 3.